The normalized spacial score (nSPS) is 10.7. The van der Waals surface area contributed by atoms with Crippen LogP contribution in [0.15, 0.2) is 35.7 Å². The van der Waals surface area contributed by atoms with Crippen molar-refractivity contribution >= 4 is 29.5 Å². The summed E-state index contributed by atoms with van der Waals surface area (Å²) in [5.41, 5.74) is 1.47. The Hall–Kier alpha value is -1.94. The molecule has 0 fully saturated rings. The fourth-order valence-electron chi connectivity index (χ4n) is 1.39. The summed E-state index contributed by atoms with van der Waals surface area (Å²) in [6.45, 7) is 2.14. The van der Waals surface area contributed by atoms with Gasteiger partial charge in [-0.1, -0.05) is 36.4 Å². The van der Waals surface area contributed by atoms with Gasteiger partial charge in [0.05, 0.1) is 6.61 Å². The van der Waals surface area contributed by atoms with E-state index in [0.29, 0.717) is 12.3 Å². The molecule has 0 bridgehead atoms. The number of nitrogens with zero attached hydrogens (tertiary/aromatic N) is 1. The first-order valence-electron chi connectivity index (χ1n) is 5.65. The van der Waals surface area contributed by atoms with Crippen LogP contribution in [0.2, 0.25) is 0 Å². The molecule has 0 aliphatic heterocycles. The minimum absolute atomic E-state index is 0.367. The Morgan fingerprint density at radius 3 is 2.83 bits per heavy atom. The predicted octanol–water partition coefficient (Wildman–Crippen LogP) is 3.49. The summed E-state index contributed by atoms with van der Waals surface area (Å²) in [7, 11) is 0. The zero-order valence-electron chi connectivity index (χ0n) is 10.00. The number of carbonyl (C=O) groups is 1. The van der Waals surface area contributed by atoms with Gasteiger partial charge in [0.15, 0.2) is 5.69 Å². The van der Waals surface area contributed by atoms with Crippen molar-refractivity contribution < 1.29 is 9.53 Å². The average Bonchev–Trinajstić information content (AvgIpc) is 2.87. The van der Waals surface area contributed by atoms with Crippen LogP contribution >= 0.6 is 11.3 Å². The standard InChI is InChI=1S/C14H13NO2S/c1-2-17-14(16)12-10-18-13(15-12)9-8-11-6-4-3-5-7-11/h3-10H,2H2,1H3/b9-8+. The Balaban J connectivity index is 2.07. The highest BCUT2D eigenvalue weighted by Gasteiger charge is 2.09. The summed E-state index contributed by atoms with van der Waals surface area (Å²) in [4.78, 5) is 15.6. The Morgan fingerprint density at radius 2 is 2.11 bits per heavy atom. The lowest BCUT2D eigenvalue weighted by Crippen LogP contribution is -2.04. The van der Waals surface area contributed by atoms with Crippen LogP contribution in [0.25, 0.3) is 12.2 Å². The van der Waals surface area contributed by atoms with Gasteiger partial charge in [-0.15, -0.1) is 11.3 Å². The van der Waals surface area contributed by atoms with E-state index in [1.807, 2.05) is 42.5 Å². The minimum Gasteiger partial charge on any atom is -0.461 e. The second-order valence-corrected chi connectivity index (χ2v) is 4.43. The van der Waals surface area contributed by atoms with Crippen LogP contribution in [-0.2, 0) is 4.74 Å². The molecule has 4 heteroatoms. The van der Waals surface area contributed by atoms with Gasteiger partial charge in [0.1, 0.15) is 5.01 Å². The average molecular weight is 259 g/mol. The van der Waals surface area contributed by atoms with Crippen LogP contribution in [0.5, 0.6) is 0 Å². The number of aromatic nitrogens is 1. The Bertz CT molecular complexity index is 546. The topological polar surface area (TPSA) is 39.2 Å². The highest BCUT2D eigenvalue weighted by molar-refractivity contribution is 7.10. The van der Waals surface area contributed by atoms with Gasteiger partial charge in [-0.3, -0.25) is 0 Å². The van der Waals surface area contributed by atoms with Crippen molar-refractivity contribution in [3.63, 3.8) is 0 Å². The van der Waals surface area contributed by atoms with E-state index in [2.05, 4.69) is 4.98 Å². The third-order valence-corrected chi connectivity index (χ3v) is 3.03. The van der Waals surface area contributed by atoms with Gasteiger partial charge in [-0.05, 0) is 18.6 Å². The molecule has 0 aliphatic rings. The maximum Gasteiger partial charge on any atom is 0.357 e. The molecular weight excluding hydrogens is 246 g/mol. The maximum absolute atomic E-state index is 11.4. The van der Waals surface area contributed by atoms with Crippen molar-refractivity contribution in [2.75, 3.05) is 6.61 Å². The first-order chi connectivity index (χ1) is 8.79. The van der Waals surface area contributed by atoms with Gasteiger partial charge in [-0.2, -0.15) is 0 Å². The lowest BCUT2D eigenvalue weighted by atomic mass is 10.2. The molecule has 0 unspecified atom stereocenters. The summed E-state index contributed by atoms with van der Waals surface area (Å²) in [6, 6.07) is 9.95. The van der Waals surface area contributed by atoms with E-state index in [1.54, 1.807) is 12.3 Å². The van der Waals surface area contributed by atoms with Gasteiger partial charge < -0.3 is 4.74 Å². The zero-order chi connectivity index (χ0) is 12.8. The molecule has 0 atom stereocenters. The van der Waals surface area contributed by atoms with Gasteiger partial charge in [-0.25, -0.2) is 9.78 Å². The number of ether oxygens (including phenoxy) is 1. The van der Waals surface area contributed by atoms with Crippen molar-refractivity contribution in [1.29, 1.82) is 0 Å². The van der Waals surface area contributed by atoms with Gasteiger partial charge in [0.25, 0.3) is 0 Å². The van der Waals surface area contributed by atoms with Crippen molar-refractivity contribution in [1.82, 2.24) is 4.98 Å². The maximum atomic E-state index is 11.4. The number of carbonyl (C=O) groups excluding carboxylic acids is 1. The van der Waals surface area contributed by atoms with Crippen molar-refractivity contribution in [3.05, 3.63) is 52.0 Å². The van der Waals surface area contributed by atoms with Crippen molar-refractivity contribution in [2.45, 2.75) is 6.92 Å². The first-order valence-corrected chi connectivity index (χ1v) is 6.53. The van der Waals surface area contributed by atoms with E-state index >= 15 is 0 Å². The Morgan fingerprint density at radius 1 is 1.33 bits per heavy atom. The second kappa shape index (κ2) is 6.12. The predicted molar refractivity (Wildman–Crippen MR) is 73.4 cm³/mol. The Labute approximate surface area is 110 Å². The monoisotopic (exact) mass is 259 g/mol. The van der Waals surface area contributed by atoms with Crippen LogP contribution in [-0.4, -0.2) is 17.6 Å². The highest BCUT2D eigenvalue weighted by Crippen LogP contribution is 2.14. The molecule has 0 saturated carbocycles. The molecule has 1 aromatic carbocycles. The number of hydrogen-bond donors (Lipinski definition) is 0. The van der Waals surface area contributed by atoms with E-state index in [4.69, 9.17) is 4.74 Å². The van der Waals surface area contributed by atoms with Crippen LogP contribution < -0.4 is 0 Å². The molecule has 18 heavy (non-hydrogen) atoms. The summed E-state index contributed by atoms with van der Waals surface area (Å²) < 4.78 is 4.89. The lowest BCUT2D eigenvalue weighted by molar-refractivity contribution is 0.0520. The quantitative estimate of drug-likeness (QED) is 0.789. The van der Waals surface area contributed by atoms with Crippen LogP contribution in [0, 0.1) is 0 Å². The van der Waals surface area contributed by atoms with Gasteiger partial charge in [0, 0.05) is 5.38 Å². The Kier molecular flexibility index (Phi) is 4.25. The molecule has 3 nitrogen and oxygen atoms in total. The molecule has 2 aromatic rings. The zero-order valence-corrected chi connectivity index (χ0v) is 10.8. The third kappa shape index (κ3) is 3.28. The van der Waals surface area contributed by atoms with Gasteiger partial charge >= 0.3 is 5.97 Å². The second-order valence-electron chi connectivity index (χ2n) is 3.54. The number of rotatable bonds is 4. The first kappa shape index (κ1) is 12.5. The van der Waals surface area contributed by atoms with E-state index in [1.165, 1.54) is 11.3 Å². The molecule has 0 radical (unpaired) electrons. The molecule has 2 rings (SSSR count). The fraction of sp³-hybridized carbons (Fsp3) is 0.143. The van der Waals surface area contributed by atoms with E-state index in [-0.39, 0.29) is 5.97 Å². The number of benzene rings is 1. The molecule has 92 valence electrons. The summed E-state index contributed by atoms with van der Waals surface area (Å²) in [6.07, 6.45) is 3.86. The minimum atomic E-state index is -0.367. The highest BCUT2D eigenvalue weighted by atomic mass is 32.1. The molecule has 0 amide bonds. The molecule has 0 N–H and O–H groups in total. The molecule has 1 aromatic heterocycles. The smallest absolute Gasteiger partial charge is 0.357 e. The fourth-order valence-corrected chi connectivity index (χ4v) is 2.07. The molecular formula is C14H13NO2S. The molecule has 0 saturated heterocycles. The number of hydrogen-bond acceptors (Lipinski definition) is 4. The van der Waals surface area contributed by atoms with E-state index in [0.717, 1.165) is 10.6 Å². The summed E-state index contributed by atoms with van der Waals surface area (Å²) >= 11 is 1.42. The molecule has 1 heterocycles. The van der Waals surface area contributed by atoms with E-state index in [9.17, 15) is 4.79 Å². The molecule has 0 aliphatic carbocycles. The van der Waals surface area contributed by atoms with E-state index < -0.39 is 0 Å². The van der Waals surface area contributed by atoms with Crippen molar-refractivity contribution in [3.8, 4) is 0 Å². The van der Waals surface area contributed by atoms with Gasteiger partial charge in [0.2, 0.25) is 0 Å². The summed E-state index contributed by atoms with van der Waals surface area (Å²) in [5.74, 6) is -0.367. The lowest BCUT2D eigenvalue weighted by Gasteiger charge is -1.95. The van der Waals surface area contributed by atoms with Crippen LogP contribution in [0.3, 0.4) is 0 Å². The summed E-state index contributed by atoms with van der Waals surface area (Å²) in [5, 5.41) is 2.50. The van der Waals surface area contributed by atoms with Crippen LogP contribution in [0.4, 0.5) is 0 Å². The number of esters is 1. The van der Waals surface area contributed by atoms with Crippen molar-refractivity contribution in [2.24, 2.45) is 0 Å². The third-order valence-electron chi connectivity index (χ3n) is 2.22. The van der Waals surface area contributed by atoms with Crippen LogP contribution in [0.1, 0.15) is 28.0 Å². The number of thiazole rings is 1. The SMILES string of the molecule is CCOC(=O)c1csc(/C=C/c2ccccc2)n1. The largest absolute Gasteiger partial charge is 0.461 e. The molecule has 0 spiro atoms.